The van der Waals surface area contributed by atoms with Gasteiger partial charge in [-0.05, 0) is 24.6 Å². The minimum absolute atomic E-state index is 0.0691. The number of benzene rings is 1. The molecule has 6 nitrogen and oxygen atoms in total. The Labute approximate surface area is 118 Å². The van der Waals surface area contributed by atoms with E-state index in [9.17, 15) is 8.42 Å². The van der Waals surface area contributed by atoms with Crippen molar-refractivity contribution in [3.05, 3.63) is 23.2 Å². The molecule has 1 aromatic rings. The minimum Gasteiger partial charge on any atom is -0.495 e. The molecule has 0 saturated carbocycles. The lowest BCUT2D eigenvalue weighted by Gasteiger charge is -2.19. The predicted molar refractivity (Wildman–Crippen MR) is 74.9 cm³/mol. The highest BCUT2D eigenvalue weighted by atomic mass is 35.5. The molecule has 1 aromatic carbocycles. The second-order valence-corrected chi connectivity index (χ2v) is 6.06. The summed E-state index contributed by atoms with van der Waals surface area (Å²) < 4.78 is 32.6. The molecule has 2 N–H and O–H groups in total. The molecule has 19 heavy (non-hydrogen) atoms. The van der Waals surface area contributed by atoms with E-state index in [4.69, 9.17) is 21.4 Å². The van der Waals surface area contributed by atoms with Gasteiger partial charge in [-0.3, -0.25) is 4.72 Å². The molecule has 0 unspecified atom stereocenters. The lowest BCUT2D eigenvalue weighted by Crippen LogP contribution is -2.33. The lowest BCUT2D eigenvalue weighted by atomic mass is 10.3. The predicted octanol–water partition coefficient (Wildman–Crippen LogP) is 1.32. The van der Waals surface area contributed by atoms with Crippen molar-refractivity contribution in [2.24, 2.45) is 0 Å². The molecule has 0 fully saturated rings. The number of nitrogens with zero attached hydrogens (tertiary/aromatic N) is 1. The summed E-state index contributed by atoms with van der Waals surface area (Å²) in [4.78, 5) is 0. The Morgan fingerprint density at radius 1 is 1.47 bits per heavy atom. The molecule has 0 radical (unpaired) electrons. The highest BCUT2D eigenvalue weighted by Gasteiger charge is 2.19. The van der Waals surface area contributed by atoms with Gasteiger partial charge in [0.2, 0.25) is 0 Å². The third-order valence-corrected chi connectivity index (χ3v) is 4.16. The van der Waals surface area contributed by atoms with Crippen LogP contribution >= 0.6 is 11.6 Å². The van der Waals surface area contributed by atoms with Gasteiger partial charge >= 0.3 is 10.2 Å². The van der Waals surface area contributed by atoms with E-state index in [1.807, 2.05) is 0 Å². The van der Waals surface area contributed by atoms with Gasteiger partial charge in [0.15, 0.2) is 0 Å². The fourth-order valence-corrected chi connectivity index (χ4v) is 2.53. The van der Waals surface area contributed by atoms with Gasteiger partial charge in [-0.1, -0.05) is 11.6 Å². The van der Waals surface area contributed by atoms with Crippen molar-refractivity contribution in [2.75, 3.05) is 32.0 Å². The van der Waals surface area contributed by atoms with E-state index < -0.39 is 10.2 Å². The summed E-state index contributed by atoms with van der Waals surface area (Å²) in [6.45, 7) is 0.148. The second kappa shape index (κ2) is 6.95. The molecule has 0 bridgehead atoms. The first-order valence-corrected chi connectivity index (χ1v) is 7.41. The van der Waals surface area contributed by atoms with Gasteiger partial charge in [0, 0.05) is 25.2 Å². The average Bonchev–Trinajstić information content (AvgIpc) is 2.35. The number of nitrogens with one attached hydrogen (secondary N) is 1. The van der Waals surface area contributed by atoms with Crippen LogP contribution in [-0.2, 0) is 10.2 Å². The van der Waals surface area contributed by atoms with Gasteiger partial charge < -0.3 is 9.84 Å². The van der Waals surface area contributed by atoms with Crippen molar-refractivity contribution in [2.45, 2.75) is 6.42 Å². The molecule has 0 heterocycles. The SMILES string of the molecule is COc1ccc(Cl)cc1NS(=O)(=O)N(C)CCCO. The number of anilines is 1. The molecule has 0 aliphatic rings. The number of ether oxygens (including phenoxy) is 1. The van der Waals surface area contributed by atoms with Gasteiger partial charge in [0.05, 0.1) is 12.8 Å². The fourth-order valence-electron chi connectivity index (χ4n) is 1.39. The average molecular weight is 309 g/mol. The Bertz CT molecular complexity index is 521. The topological polar surface area (TPSA) is 78.9 Å². The van der Waals surface area contributed by atoms with Crippen molar-refractivity contribution in [1.29, 1.82) is 0 Å². The minimum atomic E-state index is -3.70. The van der Waals surface area contributed by atoms with Crippen molar-refractivity contribution < 1.29 is 18.3 Å². The molecule has 0 atom stereocenters. The fraction of sp³-hybridized carbons (Fsp3) is 0.455. The monoisotopic (exact) mass is 308 g/mol. The number of rotatable bonds is 7. The quantitative estimate of drug-likeness (QED) is 0.796. The summed E-state index contributed by atoms with van der Waals surface area (Å²) in [6.07, 6.45) is 0.365. The van der Waals surface area contributed by atoms with Gasteiger partial charge in [-0.15, -0.1) is 0 Å². The first-order chi connectivity index (χ1) is 8.90. The lowest BCUT2D eigenvalue weighted by molar-refractivity contribution is 0.276. The van der Waals surface area contributed by atoms with Crippen LogP contribution in [0.1, 0.15) is 6.42 Å². The molecule has 1 rings (SSSR count). The molecule has 108 valence electrons. The van der Waals surface area contributed by atoms with Crippen LogP contribution in [-0.4, -0.2) is 45.1 Å². The summed E-state index contributed by atoms with van der Waals surface area (Å²) in [6, 6.07) is 4.65. The van der Waals surface area contributed by atoms with E-state index in [-0.39, 0.29) is 18.8 Å². The van der Waals surface area contributed by atoms with Crippen LogP contribution in [0.2, 0.25) is 5.02 Å². The van der Waals surface area contributed by atoms with Crippen LogP contribution in [0, 0.1) is 0 Å². The Kier molecular flexibility index (Phi) is 5.86. The molecule has 0 aromatic heterocycles. The maximum atomic E-state index is 12.0. The van der Waals surface area contributed by atoms with Crippen molar-refractivity contribution >= 4 is 27.5 Å². The largest absolute Gasteiger partial charge is 0.495 e. The Morgan fingerprint density at radius 2 is 2.16 bits per heavy atom. The van der Waals surface area contributed by atoms with Crippen molar-refractivity contribution in [1.82, 2.24) is 4.31 Å². The van der Waals surface area contributed by atoms with Crippen molar-refractivity contribution in [3.8, 4) is 5.75 Å². The van der Waals surface area contributed by atoms with Crippen LogP contribution in [0.4, 0.5) is 5.69 Å². The van der Waals surface area contributed by atoms with Gasteiger partial charge in [-0.2, -0.15) is 12.7 Å². The standard InChI is InChI=1S/C11H17ClN2O4S/c1-14(6-3-7-15)19(16,17)13-10-8-9(12)4-5-11(10)18-2/h4-5,8,13,15H,3,6-7H2,1-2H3. The zero-order valence-corrected chi connectivity index (χ0v) is 12.3. The number of aliphatic hydroxyl groups is 1. The summed E-state index contributed by atoms with van der Waals surface area (Å²) in [5, 5.41) is 9.11. The van der Waals surface area contributed by atoms with Crippen molar-refractivity contribution in [3.63, 3.8) is 0 Å². The normalized spacial score (nSPS) is 11.6. The Morgan fingerprint density at radius 3 is 2.74 bits per heavy atom. The van der Waals surface area contributed by atoms with Crippen LogP contribution in [0.5, 0.6) is 5.75 Å². The van der Waals surface area contributed by atoms with E-state index >= 15 is 0 Å². The molecular weight excluding hydrogens is 292 g/mol. The van der Waals surface area contributed by atoms with Crippen LogP contribution in [0.25, 0.3) is 0 Å². The van der Waals surface area contributed by atoms with Crippen LogP contribution < -0.4 is 9.46 Å². The van der Waals surface area contributed by atoms with Crippen LogP contribution in [0.15, 0.2) is 18.2 Å². The van der Waals surface area contributed by atoms with E-state index in [1.165, 1.54) is 20.2 Å². The maximum Gasteiger partial charge on any atom is 0.301 e. The summed E-state index contributed by atoms with van der Waals surface area (Å²) in [5.74, 6) is 0.378. The van der Waals surface area contributed by atoms with Crippen LogP contribution in [0.3, 0.4) is 0 Å². The van der Waals surface area contributed by atoms with E-state index in [2.05, 4.69) is 4.72 Å². The first kappa shape index (κ1) is 16.0. The highest BCUT2D eigenvalue weighted by Crippen LogP contribution is 2.28. The number of halogens is 1. The third kappa shape index (κ3) is 4.54. The zero-order valence-electron chi connectivity index (χ0n) is 10.8. The molecule has 0 spiro atoms. The third-order valence-electron chi connectivity index (χ3n) is 2.44. The number of methoxy groups -OCH3 is 1. The maximum absolute atomic E-state index is 12.0. The number of hydrogen-bond acceptors (Lipinski definition) is 4. The molecule has 0 aliphatic heterocycles. The first-order valence-electron chi connectivity index (χ1n) is 5.59. The number of aliphatic hydroxyl groups excluding tert-OH is 1. The summed E-state index contributed by atoms with van der Waals surface area (Å²) >= 11 is 5.83. The Balaban J connectivity index is 2.91. The summed E-state index contributed by atoms with van der Waals surface area (Å²) in [5.41, 5.74) is 0.269. The molecule has 0 aliphatic carbocycles. The van der Waals surface area contributed by atoms with Gasteiger partial charge in [0.25, 0.3) is 0 Å². The molecular formula is C11H17ClN2O4S. The zero-order chi connectivity index (χ0) is 14.5. The smallest absolute Gasteiger partial charge is 0.301 e. The number of hydrogen-bond donors (Lipinski definition) is 2. The second-order valence-electron chi connectivity index (χ2n) is 3.85. The van der Waals surface area contributed by atoms with Gasteiger partial charge in [-0.25, -0.2) is 0 Å². The van der Waals surface area contributed by atoms with Gasteiger partial charge in [0.1, 0.15) is 5.75 Å². The summed E-state index contributed by atoms with van der Waals surface area (Å²) in [7, 11) is -0.835. The molecule has 8 heteroatoms. The highest BCUT2D eigenvalue weighted by molar-refractivity contribution is 7.90. The van der Waals surface area contributed by atoms with E-state index in [0.29, 0.717) is 17.2 Å². The Hall–Kier alpha value is -1.02. The van der Waals surface area contributed by atoms with E-state index in [0.717, 1.165) is 4.31 Å². The molecule has 0 amide bonds. The van der Waals surface area contributed by atoms with E-state index in [1.54, 1.807) is 12.1 Å². The molecule has 0 saturated heterocycles.